The summed E-state index contributed by atoms with van der Waals surface area (Å²) in [6.07, 6.45) is -2.55. The molecule has 0 bridgehead atoms. The van der Waals surface area contributed by atoms with Gasteiger partial charge in [0.25, 0.3) is 0 Å². The normalized spacial score (nSPS) is 15.2. The summed E-state index contributed by atoms with van der Waals surface area (Å²) in [6, 6.07) is 6.07. The molecule has 1 aliphatic rings. The van der Waals surface area contributed by atoms with Crippen LogP contribution in [0.2, 0.25) is 0 Å². The molecule has 3 rings (SSSR count). The topological polar surface area (TPSA) is 51.4 Å². The minimum absolute atomic E-state index is 0.198. The Morgan fingerprint density at radius 2 is 2.00 bits per heavy atom. The monoisotopic (exact) mass is 327 g/mol. The summed E-state index contributed by atoms with van der Waals surface area (Å²) in [5.41, 5.74) is 0.439. The van der Waals surface area contributed by atoms with Gasteiger partial charge in [0.05, 0.1) is 6.54 Å². The van der Waals surface area contributed by atoms with E-state index in [4.69, 9.17) is 4.52 Å². The van der Waals surface area contributed by atoms with Gasteiger partial charge in [-0.2, -0.15) is 4.98 Å². The Balaban J connectivity index is 1.63. The Morgan fingerprint density at radius 3 is 2.70 bits per heavy atom. The van der Waals surface area contributed by atoms with E-state index in [1.165, 1.54) is 12.1 Å². The van der Waals surface area contributed by atoms with Crippen LogP contribution < -0.4 is 4.74 Å². The highest BCUT2D eigenvalue weighted by molar-refractivity contribution is 5.33. The summed E-state index contributed by atoms with van der Waals surface area (Å²) in [6.45, 7) is 0.632. The van der Waals surface area contributed by atoms with Crippen LogP contribution in [0.15, 0.2) is 28.8 Å². The molecule has 0 atom stereocenters. The molecule has 0 N–H and O–H groups in total. The van der Waals surface area contributed by atoms with Crippen molar-refractivity contribution in [3.8, 4) is 5.75 Å². The number of ether oxygens (including phenoxy) is 1. The first-order chi connectivity index (χ1) is 10.9. The van der Waals surface area contributed by atoms with Gasteiger partial charge < -0.3 is 9.26 Å². The molecule has 0 amide bonds. The first-order valence-corrected chi connectivity index (χ1v) is 7.25. The summed E-state index contributed by atoms with van der Waals surface area (Å²) in [5, 5.41) is 3.92. The minimum atomic E-state index is -4.71. The van der Waals surface area contributed by atoms with E-state index in [9.17, 15) is 13.2 Å². The Labute approximate surface area is 131 Å². The zero-order valence-corrected chi connectivity index (χ0v) is 12.5. The molecule has 5 nitrogen and oxygen atoms in total. The molecule has 0 radical (unpaired) electrons. The van der Waals surface area contributed by atoms with Gasteiger partial charge in [-0.1, -0.05) is 23.4 Å². The van der Waals surface area contributed by atoms with E-state index < -0.39 is 6.36 Å². The van der Waals surface area contributed by atoms with Gasteiger partial charge in [0, 0.05) is 18.0 Å². The standard InChI is InChI=1S/C15H16F3N3O2/c1-21(9-13-19-14(20-23-13)10-6-7-10)8-11-4-2-3-5-12(11)22-15(16,17)18/h2-5,10H,6-9H2,1H3. The van der Waals surface area contributed by atoms with E-state index in [-0.39, 0.29) is 12.3 Å². The lowest BCUT2D eigenvalue weighted by Gasteiger charge is -2.18. The van der Waals surface area contributed by atoms with Crippen LogP contribution >= 0.6 is 0 Å². The number of hydrogen-bond acceptors (Lipinski definition) is 5. The van der Waals surface area contributed by atoms with Crippen molar-refractivity contribution in [2.45, 2.75) is 38.2 Å². The lowest BCUT2D eigenvalue weighted by molar-refractivity contribution is -0.275. The number of halogens is 3. The summed E-state index contributed by atoms with van der Waals surface area (Å²) < 4.78 is 46.5. The molecule has 1 aliphatic carbocycles. The van der Waals surface area contributed by atoms with Crippen LogP contribution in [-0.4, -0.2) is 28.5 Å². The molecular weight excluding hydrogens is 311 g/mol. The smallest absolute Gasteiger partial charge is 0.405 e. The summed E-state index contributed by atoms with van der Waals surface area (Å²) >= 11 is 0. The molecule has 2 aromatic rings. The largest absolute Gasteiger partial charge is 0.573 e. The second-order valence-electron chi connectivity index (χ2n) is 5.65. The maximum atomic E-state index is 12.4. The molecule has 124 valence electrons. The molecule has 0 spiro atoms. The van der Waals surface area contributed by atoms with Gasteiger partial charge in [0.2, 0.25) is 5.89 Å². The fourth-order valence-corrected chi connectivity index (χ4v) is 2.28. The third-order valence-corrected chi connectivity index (χ3v) is 3.47. The molecule has 0 unspecified atom stereocenters. The molecule has 1 aromatic carbocycles. The lowest BCUT2D eigenvalue weighted by atomic mass is 10.2. The lowest BCUT2D eigenvalue weighted by Crippen LogP contribution is -2.21. The number of rotatable bonds is 6. The minimum Gasteiger partial charge on any atom is -0.405 e. The predicted octanol–water partition coefficient (Wildman–Crippen LogP) is 3.48. The van der Waals surface area contributed by atoms with Gasteiger partial charge in [-0.05, 0) is 26.0 Å². The Morgan fingerprint density at radius 1 is 1.26 bits per heavy atom. The zero-order valence-electron chi connectivity index (χ0n) is 12.5. The third-order valence-electron chi connectivity index (χ3n) is 3.47. The molecule has 1 heterocycles. The van der Waals surface area contributed by atoms with Crippen LogP contribution in [0.4, 0.5) is 13.2 Å². The van der Waals surface area contributed by atoms with Crippen LogP contribution in [0.5, 0.6) is 5.75 Å². The van der Waals surface area contributed by atoms with Crippen molar-refractivity contribution in [3.63, 3.8) is 0 Å². The average molecular weight is 327 g/mol. The number of para-hydroxylation sites is 1. The van der Waals surface area contributed by atoms with Crippen molar-refractivity contribution in [1.82, 2.24) is 15.0 Å². The van der Waals surface area contributed by atoms with Gasteiger partial charge in [0.1, 0.15) is 5.75 Å². The molecule has 1 saturated carbocycles. The number of alkyl halides is 3. The number of aromatic nitrogens is 2. The first kappa shape index (κ1) is 15.8. The van der Waals surface area contributed by atoms with E-state index in [1.807, 2.05) is 0 Å². The van der Waals surface area contributed by atoms with Crippen molar-refractivity contribution < 1.29 is 22.4 Å². The van der Waals surface area contributed by atoms with E-state index >= 15 is 0 Å². The maximum Gasteiger partial charge on any atom is 0.573 e. The average Bonchev–Trinajstić information content (AvgIpc) is 3.20. The van der Waals surface area contributed by atoms with E-state index in [2.05, 4.69) is 14.9 Å². The third kappa shape index (κ3) is 4.44. The van der Waals surface area contributed by atoms with Gasteiger partial charge in [0.15, 0.2) is 5.82 Å². The van der Waals surface area contributed by atoms with Crippen molar-refractivity contribution in [3.05, 3.63) is 41.5 Å². The molecule has 8 heteroatoms. The van der Waals surface area contributed by atoms with Crippen molar-refractivity contribution in [1.29, 1.82) is 0 Å². The van der Waals surface area contributed by atoms with E-state index in [1.54, 1.807) is 24.1 Å². The highest BCUT2D eigenvalue weighted by Gasteiger charge is 2.32. The summed E-state index contributed by atoms with van der Waals surface area (Å²) in [5.74, 6) is 1.38. The number of benzene rings is 1. The van der Waals surface area contributed by atoms with Gasteiger partial charge >= 0.3 is 6.36 Å². The Hall–Kier alpha value is -2.09. The summed E-state index contributed by atoms with van der Waals surface area (Å²) in [7, 11) is 1.77. The van der Waals surface area contributed by atoms with Crippen molar-refractivity contribution in [2.24, 2.45) is 0 Å². The van der Waals surface area contributed by atoms with Crippen molar-refractivity contribution >= 4 is 0 Å². The maximum absolute atomic E-state index is 12.4. The Bertz CT molecular complexity index is 668. The van der Waals surface area contributed by atoms with Crippen LogP contribution in [0, 0.1) is 0 Å². The SMILES string of the molecule is CN(Cc1nc(C2CC2)no1)Cc1ccccc1OC(F)(F)F. The van der Waals surface area contributed by atoms with E-state index in [0.29, 0.717) is 29.7 Å². The fourth-order valence-electron chi connectivity index (χ4n) is 2.28. The van der Waals surface area contributed by atoms with E-state index in [0.717, 1.165) is 12.8 Å². The highest BCUT2D eigenvalue weighted by Crippen LogP contribution is 2.38. The molecular formula is C15H16F3N3O2. The van der Waals surface area contributed by atoms with Crippen molar-refractivity contribution in [2.75, 3.05) is 7.05 Å². The first-order valence-electron chi connectivity index (χ1n) is 7.25. The quantitative estimate of drug-likeness (QED) is 0.813. The van der Waals surface area contributed by atoms with Crippen LogP contribution in [0.1, 0.15) is 36.0 Å². The molecule has 0 aliphatic heterocycles. The zero-order chi connectivity index (χ0) is 16.4. The van der Waals surface area contributed by atoms with Gasteiger partial charge in [-0.15, -0.1) is 13.2 Å². The molecule has 1 fully saturated rings. The molecule has 1 aromatic heterocycles. The number of nitrogens with zero attached hydrogens (tertiary/aromatic N) is 3. The van der Waals surface area contributed by atoms with Gasteiger partial charge in [-0.3, -0.25) is 4.90 Å². The van der Waals surface area contributed by atoms with Crippen LogP contribution in [0.3, 0.4) is 0 Å². The van der Waals surface area contributed by atoms with Crippen LogP contribution in [0.25, 0.3) is 0 Å². The second kappa shape index (κ2) is 6.19. The summed E-state index contributed by atoms with van der Waals surface area (Å²) in [4.78, 5) is 6.10. The highest BCUT2D eigenvalue weighted by atomic mass is 19.4. The molecule has 23 heavy (non-hydrogen) atoms. The molecule has 0 saturated heterocycles. The fraction of sp³-hybridized carbons (Fsp3) is 0.467. The number of hydrogen-bond donors (Lipinski definition) is 0. The van der Waals surface area contributed by atoms with Crippen LogP contribution in [-0.2, 0) is 13.1 Å². The second-order valence-corrected chi connectivity index (χ2v) is 5.65. The Kier molecular flexibility index (Phi) is 4.25. The predicted molar refractivity (Wildman–Crippen MR) is 74.6 cm³/mol. The van der Waals surface area contributed by atoms with Gasteiger partial charge in [-0.25, -0.2) is 0 Å².